The number of hydrogen-bond acceptors (Lipinski definition) is 1. The second-order valence-electron chi connectivity index (χ2n) is 6.30. The highest BCUT2D eigenvalue weighted by Crippen LogP contribution is 2.24. The largest absolute Gasteiger partial charge is 0.351 e. The summed E-state index contributed by atoms with van der Waals surface area (Å²) in [6.45, 7) is 6.96. The molecule has 2 aromatic rings. The van der Waals surface area contributed by atoms with Crippen molar-refractivity contribution >= 4 is 5.91 Å². The minimum absolute atomic E-state index is 0.0772. The molecule has 0 saturated heterocycles. The first-order valence-corrected chi connectivity index (χ1v) is 7.94. The van der Waals surface area contributed by atoms with E-state index >= 15 is 0 Å². The summed E-state index contributed by atoms with van der Waals surface area (Å²) in [7, 11) is 0. The standard InChI is InChI=1S/C20H25NO/c1-15(2)13-19(18-7-5-4-6-8-18)20(22)21-14-17-11-9-16(3)10-12-17/h4-12,15,19H,13-14H2,1-3H3,(H,21,22). The summed E-state index contributed by atoms with van der Waals surface area (Å²) in [5.74, 6) is 0.516. The normalized spacial score (nSPS) is 12.2. The lowest BCUT2D eigenvalue weighted by atomic mass is 9.89. The van der Waals surface area contributed by atoms with Crippen molar-refractivity contribution < 1.29 is 4.79 Å². The molecule has 0 spiro atoms. The molecule has 1 amide bonds. The third kappa shape index (κ3) is 4.73. The molecule has 0 aliphatic rings. The van der Waals surface area contributed by atoms with Crippen molar-refractivity contribution in [3.8, 4) is 0 Å². The van der Waals surface area contributed by atoms with Crippen LogP contribution in [0.2, 0.25) is 0 Å². The Kier molecular flexibility index (Phi) is 5.76. The molecular formula is C20H25NO. The highest BCUT2D eigenvalue weighted by molar-refractivity contribution is 5.83. The van der Waals surface area contributed by atoms with E-state index in [-0.39, 0.29) is 11.8 Å². The maximum absolute atomic E-state index is 12.6. The van der Waals surface area contributed by atoms with Crippen LogP contribution >= 0.6 is 0 Å². The Hall–Kier alpha value is -2.09. The molecule has 2 heteroatoms. The monoisotopic (exact) mass is 295 g/mol. The number of carbonyl (C=O) groups is 1. The summed E-state index contributed by atoms with van der Waals surface area (Å²) >= 11 is 0. The summed E-state index contributed by atoms with van der Waals surface area (Å²) in [6, 6.07) is 18.3. The summed E-state index contributed by atoms with van der Waals surface area (Å²) in [6.07, 6.45) is 0.865. The van der Waals surface area contributed by atoms with E-state index in [9.17, 15) is 4.79 Å². The first-order valence-electron chi connectivity index (χ1n) is 7.94. The number of nitrogens with one attached hydrogen (secondary N) is 1. The van der Waals surface area contributed by atoms with Crippen LogP contribution in [-0.4, -0.2) is 5.91 Å². The van der Waals surface area contributed by atoms with Gasteiger partial charge < -0.3 is 5.32 Å². The van der Waals surface area contributed by atoms with E-state index < -0.39 is 0 Å². The average Bonchev–Trinajstić information content (AvgIpc) is 2.52. The van der Waals surface area contributed by atoms with Gasteiger partial charge in [0.15, 0.2) is 0 Å². The fourth-order valence-electron chi connectivity index (χ4n) is 2.57. The number of rotatable bonds is 6. The van der Waals surface area contributed by atoms with Crippen LogP contribution in [0.25, 0.3) is 0 Å². The molecule has 0 saturated carbocycles. The van der Waals surface area contributed by atoms with Gasteiger partial charge >= 0.3 is 0 Å². The van der Waals surface area contributed by atoms with Gasteiger partial charge in [-0.25, -0.2) is 0 Å². The maximum atomic E-state index is 12.6. The smallest absolute Gasteiger partial charge is 0.227 e. The molecule has 0 bridgehead atoms. The van der Waals surface area contributed by atoms with E-state index in [2.05, 4.69) is 50.4 Å². The van der Waals surface area contributed by atoms with Gasteiger partial charge in [0.1, 0.15) is 0 Å². The van der Waals surface area contributed by atoms with E-state index in [1.807, 2.05) is 30.3 Å². The summed E-state index contributed by atoms with van der Waals surface area (Å²) < 4.78 is 0. The lowest BCUT2D eigenvalue weighted by molar-refractivity contribution is -0.123. The van der Waals surface area contributed by atoms with Crippen LogP contribution in [0.5, 0.6) is 0 Å². The van der Waals surface area contributed by atoms with Crippen molar-refractivity contribution in [3.63, 3.8) is 0 Å². The molecule has 0 fully saturated rings. The molecule has 2 nitrogen and oxygen atoms in total. The number of hydrogen-bond donors (Lipinski definition) is 1. The molecular weight excluding hydrogens is 270 g/mol. The summed E-state index contributed by atoms with van der Waals surface area (Å²) in [5.41, 5.74) is 3.46. The predicted molar refractivity (Wildman–Crippen MR) is 91.7 cm³/mol. The maximum Gasteiger partial charge on any atom is 0.227 e. The minimum Gasteiger partial charge on any atom is -0.351 e. The van der Waals surface area contributed by atoms with Crippen molar-refractivity contribution in [2.24, 2.45) is 5.92 Å². The minimum atomic E-state index is -0.0772. The lowest BCUT2D eigenvalue weighted by Gasteiger charge is -2.19. The van der Waals surface area contributed by atoms with Gasteiger partial charge in [0.2, 0.25) is 5.91 Å². The number of amides is 1. The highest BCUT2D eigenvalue weighted by atomic mass is 16.1. The third-order valence-corrected chi connectivity index (χ3v) is 3.81. The Morgan fingerprint density at radius 1 is 1.00 bits per heavy atom. The van der Waals surface area contributed by atoms with E-state index in [0.29, 0.717) is 12.5 Å². The first kappa shape index (κ1) is 16.3. The predicted octanol–water partition coefficient (Wildman–Crippen LogP) is 4.44. The Balaban J connectivity index is 2.04. The van der Waals surface area contributed by atoms with Crippen molar-refractivity contribution in [1.29, 1.82) is 0 Å². The van der Waals surface area contributed by atoms with E-state index in [1.54, 1.807) is 0 Å². The zero-order valence-corrected chi connectivity index (χ0v) is 13.7. The molecule has 22 heavy (non-hydrogen) atoms. The zero-order valence-electron chi connectivity index (χ0n) is 13.7. The van der Waals surface area contributed by atoms with Gasteiger partial charge in [0, 0.05) is 6.54 Å². The quantitative estimate of drug-likeness (QED) is 0.838. The van der Waals surface area contributed by atoms with Crippen molar-refractivity contribution in [2.75, 3.05) is 0 Å². The Labute approximate surface area is 133 Å². The highest BCUT2D eigenvalue weighted by Gasteiger charge is 2.21. The van der Waals surface area contributed by atoms with Crippen molar-refractivity contribution in [2.45, 2.75) is 39.7 Å². The molecule has 1 unspecified atom stereocenters. The molecule has 2 rings (SSSR count). The van der Waals surface area contributed by atoms with Gasteiger partial charge in [-0.2, -0.15) is 0 Å². The molecule has 0 aromatic heterocycles. The molecule has 116 valence electrons. The van der Waals surface area contributed by atoms with Crippen LogP contribution < -0.4 is 5.32 Å². The van der Waals surface area contributed by atoms with Gasteiger partial charge in [0.25, 0.3) is 0 Å². The molecule has 0 aliphatic carbocycles. The van der Waals surface area contributed by atoms with E-state index in [0.717, 1.165) is 17.5 Å². The summed E-state index contributed by atoms with van der Waals surface area (Å²) in [4.78, 5) is 12.6. The number of carbonyl (C=O) groups excluding carboxylic acids is 1. The molecule has 0 aliphatic heterocycles. The van der Waals surface area contributed by atoms with Crippen LogP contribution in [0.3, 0.4) is 0 Å². The van der Waals surface area contributed by atoms with E-state index in [4.69, 9.17) is 0 Å². The Bertz CT molecular complexity index is 587. The van der Waals surface area contributed by atoms with Gasteiger partial charge in [-0.05, 0) is 30.4 Å². The van der Waals surface area contributed by atoms with Crippen molar-refractivity contribution in [1.82, 2.24) is 5.32 Å². The molecule has 1 N–H and O–H groups in total. The molecule has 0 radical (unpaired) electrons. The van der Waals surface area contributed by atoms with E-state index in [1.165, 1.54) is 5.56 Å². The number of aryl methyl sites for hydroxylation is 1. The van der Waals surface area contributed by atoms with Crippen LogP contribution in [-0.2, 0) is 11.3 Å². The van der Waals surface area contributed by atoms with Gasteiger partial charge in [-0.1, -0.05) is 74.0 Å². The number of benzene rings is 2. The second kappa shape index (κ2) is 7.79. The fraction of sp³-hybridized carbons (Fsp3) is 0.350. The summed E-state index contributed by atoms with van der Waals surface area (Å²) in [5, 5.41) is 3.08. The topological polar surface area (TPSA) is 29.1 Å². The molecule has 0 heterocycles. The third-order valence-electron chi connectivity index (χ3n) is 3.81. The second-order valence-corrected chi connectivity index (χ2v) is 6.30. The van der Waals surface area contributed by atoms with Crippen LogP contribution in [0.15, 0.2) is 54.6 Å². The van der Waals surface area contributed by atoms with Crippen LogP contribution in [0.1, 0.15) is 42.9 Å². The molecule has 2 aromatic carbocycles. The Morgan fingerprint density at radius 2 is 1.64 bits per heavy atom. The van der Waals surface area contributed by atoms with Gasteiger partial charge in [-0.15, -0.1) is 0 Å². The van der Waals surface area contributed by atoms with Crippen LogP contribution in [0.4, 0.5) is 0 Å². The van der Waals surface area contributed by atoms with Gasteiger partial charge in [-0.3, -0.25) is 4.79 Å². The Morgan fingerprint density at radius 3 is 2.23 bits per heavy atom. The zero-order chi connectivity index (χ0) is 15.9. The van der Waals surface area contributed by atoms with Crippen LogP contribution in [0, 0.1) is 12.8 Å². The fourth-order valence-corrected chi connectivity index (χ4v) is 2.57. The SMILES string of the molecule is Cc1ccc(CNC(=O)C(CC(C)C)c2ccccc2)cc1. The van der Waals surface area contributed by atoms with Gasteiger partial charge in [0.05, 0.1) is 5.92 Å². The molecule has 1 atom stereocenters. The first-order chi connectivity index (χ1) is 10.6. The lowest BCUT2D eigenvalue weighted by Crippen LogP contribution is -2.29. The average molecular weight is 295 g/mol. The van der Waals surface area contributed by atoms with Crippen molar-refractivity contribution in [3.05, 3.63) is 71.3 Å².